The Hall–Kier alpha value is -4.52. The molecule has 2 bridgehead atoms. The summed E-state index contributed by atoms with van der Waals surface area (Å²) in [5, 5.41) is 13.9. The van der Waals surface area contributed by atoms with E-state index < -0.39 is 0 Å². The lowest BCUT2D eigenvalue weighted by Crippen LogP contribution is -2.60. The number of amides is 1. The number of nitrogens with one attached hydrogen (secondary N) is 1. The maximum atomic E-state index is 13.9. The number of aliphatic imine (C=N–C) groups is 1. The predicted octanol–water partition coefficient (Wildman–Crippen LogP) is 3.69. The summed E-state index contributed by atoms with van der Waals surface area (Å²) in [6.45, 7) is 10.5. The summed E-state index contributed by atoms with van der Waals surface area (Å²) in [4.78, 5) is 42.9. The average Bonchev–Trinajstić information content (AvgIpc) is 3.62. The number of fused-ring (bicyclic) bond motifs is 5. The third kappa shape index (κ3) is 5.69. The van der Waals surface area contributed by atoms with Crippen LogP contribution in [0.5, 0.6) is 0 Å². The van der Waals surface area contributed by atoms with Crippen LogP contribution >= 0.6 is 0 Å². The highest BCUT2D eigenvalue weighted by Crippen LogP contribution is 2.36. The van der Waals surface area contributed by atoms with Crippen LogP contribution in [0.4, 0.5) is 11.5 Å². The third-order valence-electron chi connectivity index (χ3n) is 11.3. The quantitative estimate of drug-likeness (QED) is 0.260. The van der Waals surface area contributed by atoms with Gasteiger partial charge in [-0.3, -0.25) is 19.4 Å². The second-order valence-electron chi connectivity index (χ2n) is 14.3. The lowest BCUT2D eigenvalue weighted by molar-refractivity contribution is -0.0846. The number of pyridine rings is 2. The predicted molar refractivity (Wildman–Crippen MR) is 193 cm³/mol. The van der Waals surface area contributed by atoms with Crippen LogP contribution in [0.3, 0.4) is 0 Å². The van der Waals surface area contributed by atoms with E-state index in [4.69, 9.17) is 4.74 Å². The second-order valence-corrected chi connectivity index (χ2v) is 14.3. The first kappa shape index (κ1) is 32.7. The monoisotopic (exact) mass is 678 g/mol. The lowest BCUT2D eigenvalue weighted by atomic mass is 9.98. The summed E-state index contributed by atoms with van der Waals surface area (Å²) in [5.41, 5.74) is 6.44. The van der Waals surface area contributed by atoms with E-state index in [9.17, 15) is 14.7 Å². The van der Waals surface area contributed by atoms with Crippen molar-refractivity contribution < 1.29 is 14.6 Å². The summed E-state index contributed by atoms with van der Waals surface area (Å²) >= 11 is 0. The van der Waals surface area contributed by atoms with E-state index in [2.05, 4.69) is 49.4 Å². The molecule has 3 aromatic rings. The SMILES string of the molecule is C=N/C(=C\C=C(/C)N1[C@@H]2CC[C@H]1CN(C1COC1)C2)Nc1cc(-c2ccnc(N3CCn4c(cc5c4CCCC5)C3=O)c2CO)cn(C)c1=O. The van der Waals surface area contributed by atoms with E-state index in [1.807, 2.05) is 18.2 Å². The Balaban J connectivity index is 1.05. The average molecular weight is 679 g/mol. The van der Waals surface area contributed by atoms with Gasteiger partial charge >= 0.3 is 0 Å². The van der Waals surface area contributed by atoms with Crippen molar-refractivity contribution in [2.75, 3.05) is 43.1 Å². The van der Waals surface area contributed by atoms with Crippen molar-refractivity contribution in [1.29, 1.82) is 0 Å². The fraction of sp³-hybridized carbons (Fsp3) is 0.474. The molecule has 12 heteroatoms. The van der Waals surface area contributed by atoms with E-state index in [1.54, 1.807) is 30.4 Å². The topological polar surface area (TPSA) is 120 Å². The van der Waals surface area contributed by atoms with Crippen LogP contribution in [0.1, 0.15) is 59.9 Å². The number of piperazine rings is 1. The highest BCUT2D eigenvalue weighted by molar-refractivity contribution is 6.06. The fourth-order valence-electron chi connectivity index (χ4n) is 8.73. The Labute approximate surface area is 292 Å². The first-order valence-electron chi connectivity index (χ1n) is 17.9. The number of hydrogen-bond acceptors (Lipinski definition) is 9. The molecule has 0 unspecified atom stereocenters. The molecule has 3 fully saturated rings. The number of aryl methyl sites for hydroxylation is 2. The molecule has 50 heavy (non-hydrogen) atoms. The molecule has 2 atom stereocenters. The molecule has 12 nitrogen and oxygen atoms in total. The molecular weight excluding hydrogens is 632 g/mol. The normalized spacial score (nSPS) is 22.7. The van der Waals surface area contributed by atoms with Crippen LogP contribution in [0.25, 0.3) is 11.1 Å². The van der Waals surface area contributed by atoms with Crippen molar-refractivity contribution in [3.63, 3.8) is 0 Å². The Morgan fingerprint density at radius 1 is 1.10 bits per heavy atom. The number of likely N-dealkylation sites (tertiary alicyclic amines) is 1. The van der Waals surface area contributed by atoms with Gasteiger partial charge in [-0.15, -0.1) is 0 Å². The number of anilines is 2. The molecule has 3 saturated heterocycles. The Morgan fingerprint density at radius 2 is 1.88 bits per heavy atom. The molecule has 7 heterocycles. The number of ether oxygens (including phenoxy) is 1. The molecule has 0 radical (unpaired) electrons. The first-order valence-corrected chi connectivity index (χ1v) is 17.9. The minimum atomic E-state index is -0.320. The summed E-state index contributed by atoms with van der Waals surface area (Å²) in [6, 6.07) is 7.14. The maximum Gasteiger partial charge on any atom is 0.276 e. The largest absolute Gasteiger partial charge is 0.392 e. The highest BCUT2D eigenvalue weighted by Gasteiger charge is 2.43. The minimum absolute atomic E-state index is 0.106. The van der Waals surface area contributed by atoms with Crippen molar-refractivity contribution in [3.8, 4) is 11.1 Å². The number of aliphatic hydroxyl groups is 1. The number of nitrogens with zero attached hydrogens (tertiary/aromatic N) is 7. The number of allylic oxidation sites excluding steroid dienone is 3. The molecule has 4 aliphatic heterocycles. The zero-order chi connectivity index (χ0) is 34.5. The summed E-state index contributed by atoms with van der Waals surface area (Å²) in [6.07, 6.45) is 14.0. The van der Waals surface area contributed by atoms with Crippen molar-refractivity contribution in [2.45, 2.75) is 76.7 Å². The van der Waals surface area contributed by atoms with Gasteiger partial charge in [0.05, 0.1) is 25.9 Å². The van der Waals surface area contributed by atoms with Crippen molar-refractivity contribution >= 4 is 24.1 Å². The van der Waals surface area contributed by atoms with Gasteiger partial charge in [-0.25, -0.2) is 9.98 Å². The minimum Gasteiger partial charge on any atom is -0.392 e. The van der Waals surface area contributed by atoms with Gasteiger partial charge in [0.25, 0.3) is 11.5 Å². The molecule has 0 spiro atoms. The second kappa shape index (κ2) is 13.3. The molecule has 0 aromatic carbocycles. The number of carbonyl (C=O) groups excluding carboxylic acids is 1. The summed E-state index contributed by atoms with van der Waals surface area (Å²) in [7, 11) is 1.70. The van der Waals surface area contributed by atoms with E-state index >= 15 is 0 Å². The van der Waals surface area contributed by atoms with Gasteiger partial charge in [0.2, 0.25) is 0 Å². The molecular formula is C38H46N8O4. The van der Waals surface area contributed by atoms with E-state index in [1.165, 1.54) is 34.4 Å². The van der Waals surface area contributed by atoms with Crippen LogP contribution < -0.4 is 15.8 Å². The van der Waals surface area contributed by atoms with Crippen LogP contribution in [0.2, 0.25) is 0 Å². The third-order valence-corrected chi connectivity index (χ3v) is 11.3. The Morgan fingerprint density at radius 3 is 2.60 bits per heavy atom. The van der Waals surface area contributed by atoms with Crippen LogP contribution in [-0.2, 0) is 37.8 Å². The van der Waals surface area contributed by atoms with Gasteiger partial charge in [0.15, 0.2) is 0 Å². The van der Waals surface area contributed by atoms with E-state index in [-0.39, 0.29) is 18.1 Å². The molecule has 8 rings (SSSR count). The molecule has 0 saturated carbocycles. The molecule has 5 aliphatic rings. The van der Waals surface area contributed by atoms with Crippen LogP contribution in [-0.4, -0.2) is 92.6 Å². The Bertz CT molecular complexity index is 1940. The van der Waals surface area contributed by atoms with E-state index in [0.717, 1.165) is 52.0 Å². The molecule has 3 aromatic heterocycles. The van der Waals surface area contributed by atoms with Crippen molar-refractivity contribution in [3.05, 3.63) is 87.1 Å². The molecule has 2 N–H and O–H groups in total. The van der Waals surface area contributed by atoms with Gasteiger partial charge in [0.1, 0.15) is 23.0 Å². The molecule has 1 aliphatic carbocycles. The van der Waals surface area contributed by atoms with Gasteiger partial charge in [-0.05, 0) is 93.6 Å². The number of hydrogen-bond donors (Lipinski definition) is 2. The number of aliphatic hydroxyl groups excluding tert-OH is 1. The fourth-order valence-corrected chi connectivity index (χ4v) is 8.73. The van der Waals surface area contributed by atoms with Gasteiger partial charge in [-0.2, -0.15) is 0 Å². The zero-order valence-corrected chi connectivity index (χ0v) is 29.0. The number of aromatic nitrogens is 3. The number of rotatable bonds is 9. The Kier molecular flexibility index (Phi) is 8.70. The maximum absolute atomic E-state index is 13.9. The number of carbonyl (C=O) groups is 1. The lowest BCUT2D eigenvalue weighted by Gasteiger charge is -2.47. The smallest absolute Gasteiger partial charge is 0.276 e. The summed E-state index contributed by atoms with van der Waals surface area (Å²) < 4.78 is 9.13. The van der Waals surface area contributed by atoms with E-state index in [0.29, 0.717) is 70.9 Å². The van der Waals surface area contributed by atoms with Gasteiger partial charge < -0.3 is 29.2 Å². The molecule has 1 amide bonds. The van der Waals surface area contributed by atoms with Crippen molar-refractivity contribution in [2.24, 2.45) is 12.0 Å². The highest BCUT2D eigenvalue weighted by atomic mass is 16.5. The van der Waals surface area contributed by atoms with Crippen LogP contribution in [0.15, 0.2) is 64.0 Å². The van der Waals surface area contributed by atoms with Gasteiger partial charge in [-0.1, -0.05) is 0 Å². The standard InChI is InChI=1S/C38H46N8O4/c1-24(46-27-9-10-28(46)20-43(19-27)29-22-50-23-29)8-11-35(39-2)41-32-16-26(18-42(3)37(32)48)30-12-13-40-36(31(30)21-47)45-15-14-44-33-7-5-4-6-25(33)17-34(44)38(45)49/h8,11-13,16-18,27-29,41,47H,2,4-7,9-10,14-15,19-23H2,1,3H3/b24-8+,35-11+/t27-,28+. The van der Waals surface area contributed by atoms with Crippen molar-refractivity contribution in [1.82, 2.24) is 23.9 Å². The van der Waals surface area contributed by atoms with Crippen LogP contribution in [0, 0.1) is 0 Å². The first-order chi connectivity index (χ1) is 24.3. The summed E-state index contributed by atoms with van der Waals surface area (Å²) in [5.74, 6) is 0.790. The van der Waals surface area contributed by atoms with Gasteiger partial charge in [0, 0.05) is 80.2 Å². The molecule has 262 valence electrons. The zero-order valence-electron chi connectivity index (χ0n) is 29.0.